The van der Waals surface area contributed by atoms with Gasteiger partial charge in [0.1, 0.15) is 17.1 Å². The van der Waals surface area contributed by atoms with E-state index < -0.39 is 5.60 Å². The lowest BCUT2D eigenvalue weighted by atomic mass is 10.2. The van der Waals surface area contributed by atoms with Crippen molar-refractivity contribution >= 4 is 17.2 Å². The lowest BCUT2D eigenvalue weighted by molar-refractivity contribution is 0.0306. The summed E-state index contributed by atoms with van der Waals surface area (Å²) < 4.78 is 15.8. The molecule has 0 spiro atoms. The number of amides is 1. The fourth-order valence-corrected chi connectivity index (χ4v) is 2.78. The topological polar surface area (TPSA) is 67.9 Å². The summed E-state index contributed by atoms with van der Waals surface area (Å²) in [5, 5.41) is 3.21. The average Bonchev–Trinajstić information content (AvgIpc) is 3.44. The van der Waals surface area contributed by atoms with Crippen molar-refractivity contribution in [3.63, 3.8) is 0 Å². The summed E-state index contributed by atoms with van der Waals surface area (Å²) in [7, 11) is 0. The summed E-state index contributed by atoms with van der Waals surface area (Å²) >= 11 is 0. The number of nitrogens with zero attached hydrogens (tertiary/aromatic N) is 1. The summed E-state index contributed by atoms with van der Waals surface area (Å²) in [5.41, 5.74) is 1.84. The summed E-state index contributed by atoms with van der Waals surface area (Å²) in [6.45, 7) is 8.61. The van der Waals surface area contributed by atoms with Crippen molar-refractivity contribution in [2.24, 2.45) is 0 Å². The molecule has 144 valence electrons. The second-order valence-electron chi connectivity index (χ2n) is 7.41. The molecule has 0 radical (unpaired) electrons. The third-order valence-corrected chi connectivity index (χ3v) is 4.05. The molecule has 0 aliphatic carbocycles. The first-order valence-electron chi connectivity index (χ1n) is 9.07. The van der Waals surface area contributed by atoms with Gasteiger partial charge in [-0.3, -0.25) is 0 Å². The van der Waals surface area contributed by atoms with Crippen LogP contribution in [0.4, 0.5) is 4.79 Å². The van der Waals surface area contributed by atoms with Crippen LogP contribution in [0.3, 0.4) is 0 Å². The summed E-state index contributed by atoms with van der Waals surface area (Å²) in [6.07, 6.45) is 7.19. The second-order valence-corrected chi connectivity index (χ2v) is 7.41. The van der Waals surface area contributed by atoms with Crippen LogP contribution in [0.25, 0.3) is 11.1 Å². The van der Waals surface area contributed by atoms with Gasteiger partial charge in [-0.1, -0.05) is 12.2 Å². The monoisotopic (exact) mass is 370 g/mol. The van der Waals surface area contributed by atoms with Crippen LogP contribution >= 0.6 is 0 Å². The Bertz CT molecular complexity index is 796. The van der Waals surface area contributed by atoms with E-state index in [4.69, 9.17) is 13.6 Å². The van der Waals surface area contributed by atoms with E-state index in [1.807, 2.05) is 51.1 Å². The van der Waals surface area contributed by atoms with Crippen molar-refractivity contribution in [1.82, 2.24) is 10.2 Å². The normalized spacial score (nSPS) is 16.5. The number of hydrogen-bond donors (Lipinski definition) is 1. The molecule has 1 amide bonds. The fraction of sp³-hybridized carbons (Fsp3) is 0.381. The van der Waals surface area contributed by atoms with Gasteiger partial charge in [0, 0.05) is 30.8 Å². The molecule has 0 fully saturated rings. The molecule has 4 heterocycles. The molecule has 1 N–H and O–H groups in total. The molecule has 0 saturated heterocycles. The highest BCUT2D eigenvalue weighted by molar-refractivity contribution is 5.76. The molecule has 0 bridgehead atoms. The Hall–Kier alpha value is -2.73. The Labute approximate surface area is 159 Å². The van der Waals surface area contributed by atoms with Crippen LogP contribution in [-0.2, 0) is 4.74 Å². The Morgan fingerprint density at radius 3 is 2.26 bits per heavy atom. The Balaban J connectivity index is 0.000000177. The highest BCUT2D eigenvalue weighted by Crippen LogP contribution is 2.22. The number of hydrogen-bond acceptors (Lipinski definition) is 5. The minimum Gasteiger partial charge on any atom is -0.465 e. The van der Waals surface area contributed by atoms with Crippen LogP contribution in [0.15, 0.2) is 57.8 Å². The Morgan fingerprint density at radius 1 is 1.07 bits per heavy atom. The SMILES string of the molecule is C1=C(c2ccco2)CNC1.CC(C)(C)OC(=O)N1CC=C(c2ccco2)C1. The van der Waals surface area contributed by atoms with E-state index in [2.05, 4.69) is 11.4 Å². The van der Waals surface area contributed by atoms with Gasteiger partial charge >= 0.3 is 6.09 Å². The Morgan fingerprint density at radius 2 is 1.74 bits per heavy atom. The zero-order chi connectivity index (χ0) is 19.3. The number of rotatable bonds is 2. The van der Waals surface area contributed by atoms with Gasteiger partial charge in [0.05, 0.1) is 19.1 Å². The molecule has 0 atom stereocenters. The van der Waals surface area contributed by atoms with E-state index in [0.717, 1.165) is 30.2 Å². The van der Waals surface area contributed by atoms with Crippen LogP contribution in [-0.4, -0.2) is 42.8 Å². The average molecular weight is 370 g/mol. The highest BCUT2D eigenvalue weighted by Gasteiger charge is 2.26. The third kappa shape index (κ3) is 5.37. The largest absolute Gasteiger partial charge is 0.465 e. The van der Waals surface area contributed by atoms with E-state index in [1.165, 1.54) is 5.57 Å². The molecule has 4 rings (SSSR count). The van der Waals surface area contributed by atoms with E-state index in [9.17, 15) is 4.79 Å². The van der Waals surface area contributed by atoms with Crippen molar-refractivity contribution in [1.29, 1.82) is 0 Å². The van der Waals surface area contributed by atoms with Crippen molar-refractivity contribution in [2.75, 3.05) is 26.2 Å². The molecule has 2 aromatic heterocycles. The maximum atomic E-state index is 11.8. The first-order valence-corrected chi connectivity index (χ1v) is 9.07. The van der Waals surface area contributed by atoms with Crippen molar-refractivity contribution < 1.29 is 18.4 Å². The van der Waals surface area contributed by atoms with Gasteiger partial charge in [-0.2, -0.15) is 0 Å². The number of nitrogens with one attached hydrogen (secondary N) is 1. The predicted octanol–water partition coefficient (Wildman–Crippen LogP) is 4.18. The molecular weight excluding hydrogens is 344 g/mol. The van der Waals surface area contributed by atoms with Gasteiger partial charge in [-0.05, 0) is 45.0 Å². The van der Waals surface area contributed by atoms with Gasteiger partial charge in [-0.15, -0.1) is 0 Å². The number of carbonyl (C=O) groups excluding carboxylic acids is 1. The van der Waals surface area contributed by atoms with E-state index >= 15 is 0 Å². The smallest absolute Gasteiger partial charge is 0.410 e. The Kier molecular flexibility index (Phi) is 5.86. The molecule has 2 aliphatic rings. The summed E-state index contributed by atoms with van der Waals surface area (Å²) in [4.78, 5) is 13.5. The first kappa shape index (κ1) is 19.0. The van der Waals surface area contributed by atoms with Crippen LogP contribution in [0.1, 0.15) is 32.3 Å². The molecule has 6 heteroatoms. The summed E-state index contributed by atoms with van der Waals surface area (Å²) in [5.74, 6) is 1.81. The van der Waals surface area contributed by atoms with Crippen LogP contribution in [0.2, 0.25) is 0 Å². The van der Waals surface area contributed by atoms with Crippen molar-refractivity contribution in [3.8, 4) is 0 Å². The maximum Gasteiger partial charge on any atom is 0.410 e. The molecule has 0 unspecified atom stereocenters. The molecule has 6 nitrogen and oxygen atoms in total. The maximum absolute atomic E-state index is 11.8. The first-order chi connectivity index (χ1) is 12.9. The summed E-state index contributed by atoms with van der Waals surface area (Å²) in [6, 6.07) is 7.63. The fourth-order valence-electron chi connectivity index (χ4n) is 2.78. The minimum absolute atomic E-state index is 0.282. The third-order valence-electron chi connectivity index (χ3n) is 4.05. The zero-order valence-electron chi connectivity index (χ0n) is 16.0. The van der Waals surface area contributed by atoms with E-state index in [1.54, 1.807) is 17.4 Å². The second kappa shape index (κ2) is 8.31. The number of carbonyl (C=O) groups is 1. The zero-order valence-corrected chi connectivity index (χ0v) is 16.0. The lowest BCUT2D eigenvalue weighted by Crippen LogP contribution is -2.35. The molecule has 2 aliphatic heterocycles. The predicted molar refractivity (Wildman–Crippen MR) is 104 cm³/mol. The van der Waals surface area contributed by atoms with Gasteiger partial charge in [0.25, 0.3) is 0 Å². The number of furan rings is 2. The highest BCUT2D eigenvalue weighted by atomic mass is 16.6. The van der Waals surface area contributed by atoms with Crippen LogP contribution in [0.5, 0.6) is 0 Å². The van der Waals surface area contributed by atoms with Gasteiger partial charge in [0.15, 0.2) is 0 Å². The van der Waals surface area contributed by atoms with Gasteiger partial charge in [0.2, 0.25) is 0 Å². The molecule has 0 aromatic carbocycles. The molecular formula is C21H26N2O4. The quantitative estimate of drug-likeness (QED) is 0.859. The van der Waals surface area contributed by atoms with Crippen molar-refractivity contribution in [2.45, 2.75) is 26.4 Å². The van der Waals surface area contributed by atoms with Crippen LogP contribution in [0, 0.1) is 0 Å². The molecule has 27 heavy (non-hydrogen) atoms. The van der Waals surface area contributed by atoms with E-state index in [0.29, 0.717) is 13.1 Å². The van der Waals surface area contributed by atoms with Crippen LogP contribution < -0.4 is 5.32 Å². The standard InChI is InChI=1S/C13H17NO3.C8H9NO/c1-13(2,3)17-12(15)14-7-6-10(9-14)11-5-4-8-16-11;1-2-8(10-5-1)7-3-4-9-6-7/h4-6,8H,7,9H2,1-3H3;1-3,5,9H,4,6H2. The minimum atomic E-state index is -0.454. The molecule has 0 saturated carbocycles. The van der Waals surface area contributed by atoms with Crippen molar-refractivity contribution in [3.05, 3.63) is 60.5 Å². The number of ether oxygens (including phenoxy) is 1. The van der Waals surface area contributed by atoms with Gasteiger partial charge in [-0.25, -0.2) is 4.79 Å². The van der Waals surface area contributed by atoms with E-state index in [-0.39, 0.29) is 6.09 Å². The lowest BCUT2D eigenvalue weighted by Gasteiger charge is -2.24. The molecule has 2 aromatic rings. The van der Waals surface area contributed by atoms with Gasteiger partial charge < -0.3 is 23.8 Å².